The molecule has 0 aromatic heterocycles. The maximum Gasteiger partial charge on any atom is 0.244 e. The predicted molar refractivity (Wildman–Crippen MR) is 104 cm³/mol. The minimum absolute atomic E-state index is 0.00658. The highest BCUT2D eigenvalue weighted by Gasteiger charge is 2.45. The van der Waals surface area contributed by atoms with Crippen LogP contribution in [0.25, 0.3) is 0 Å². The number of nitrogens with zero attached hydrogens (tertiary/aromatic N) is 2. The van der Waals surface area contributed by atoms with Crippen molar-refractivity contribution >= 4 is 15.9 Å². The molecule has 0 saturated carbocycles. The number of hydrogen-bond donors (Lipinski definition) is 1. The molecular formula is C20H29N3O3S. The van der Waals surface area contributed by atoms with Crippen molar-refractivity contribution in [2.24, 2.45) is 11.8 Å². The maximum atomic E-state index is 13.5. The van der Waals surface area contributed by atoms with Gasteiger partial charge in [-0.25, -0.2) is 8.42 Å². The van der Waals surface area contributed by atoms with Crippen molar-refractivity contribution in [3.05, 3.63) is 28.8 Å². The Morgan fingerprint density at radius 2 is 1.67 bits per heavy atom. The Bertz CT molecular complexity index is 832. The maximum absolute atomic E-state index is 13.5. The minimum Gasteiger partial charge on any atom is -0.341 e. The zero-order valence-corrected chi connectivity index (χ0v) is 17.2. The average molecular weight is 392 g/mol. The molecule has 0 aliphatic carbocycles. The van der Waals surface area contributed by atoms with Crippen molar-refractivity contribution < 1.29 is 13.2 Å². The smallest absolute Gasteiger partial charge is 0.244 e. The molecular weight excluding hydrogens is 362 g/mol. The summed E-state index contributed by atoms with van der Waals surface area (Å²) in [6.45, 7) is 9.51. The van der Waals surface area contributed by atoms with E-state index in [1.165, 1.54) is 4.31 Å². The van der Waals surface area contributed by atoms with Crippen molar-refractivity contribution in [1.29, 1.82) is 0 Å². The average Bonchev–Trinajstić information content (AvgIpc) is 3.28. The Kier molecular flexibility index (Phi) is 4.81. The Balaban J connectivity index is 1.60. The first-order chi connectivity index (χ1) is 12.8. The van der Waals surface area contributed by atoms with Crippen LogP contribution in [0.4, 0.5) is 0 Å². The fourth-order valence-corrected chi connectivity index (χ4v) is 7.28. The minimum atomic E-state index is -3.69. The molecule has 0 radical (unpaired) electrons. The number of carbonyl (C=O) groups excluding carboxylic acids is 1. The molecule has 27 heavy (non-hydrogen) atoms. The molecule has 1 aromatic carbocycles. The molecule has 1 unspecified atom stereocenters. The highest BCUT2D eigenvalue weighted by atomic mass is 32.2. The molecule has 1 amide bonds. The van der Waals surface area contributed by atoms with E-state index in [0.29, 0.717) is 29.7 Å². The number of likely N-dealkylation sites (tertiary alicyclic amines) is 1. The third-order valence-corrected chi connectivity index (χ3v) is 8.58. The lowest BCUT2D eigenvalue weighted by Gasteiger charge is -2.29. The van der Waals surface area contributed by atoms with Gasteiger partial charge in [-0.05, 0) is 56.6 Å². The Morgan fingerprint density at radius 3 is 2.26 bits per heavy atom. The molecule has 0 bridgehead atoms. The van der Waals surface area contributed by atoms with Crippen molar-refractivity contribution in [2.75, 3.05) is 32.7 Å². The van der Waals surface area contributed by atoms with Gasteiger partial charge in [0.2, 0.25) is 15.9 Å². The van der Waals surface area contributed by atoms with E-state index >= 15 is 0 Å². The summed E-state index contributed by atoms with van der Waals surface area (Å²) in [6, 6.07) is 3.25. The summed E-state index contributed by atoms with van der Waals surface area (Å²) in [7, 11) is -3.69. The number of amides is 1. The van der Waals surface area contributed by atoms with Gasteiger partial charge < -0.3 is 10.2 Å². The van der Waals surface area contributed by atoms with E-state index in [2.05, 4.69) is 5.32 Å². The van der Waals surface area contributed by atoms with Gasteiger partial charge >= 0.3 is 0 Å². The normalized spacial score (nSPS) is 28.7. The molecule has 1 aromatic rings. The lowest BCUT2D eigenvalue weighted by molar-refractivity contribution is -0.133. The van der Waals surface area contributed by atoms with Gasteiger partial charge in [-0.3, -0.25) is 4.79 Å². The first kappa shape index (κ1) is 18.9. The highest BCUT2D eigenvalue weighted by Crippen LogP contribution is 2.33. The standard InChI is InChI=1S/C20H29N3O3S/c1-13-7-14(2)19(15(3)8-13)27(25,26)23-6-4-5-18(23)20(24)22-11-16-9-21-10-17(16)12-22/h7-8,16-18,21H,4-6,9-12H2,1-3H3/t16-,17+,18?. The third-order valence-electron chi connectivity index (χ3n) is 6.36. The summed E-state index contributed by atoms with van der Waals surface area (Å²) in [5.41, 5.74) is 2.56. The second-order valence-electron chi connectivity index (χ2n) is 8.42. The fraction of sp³-hybridized carbons (Fsp3) is 0.650. The molecule has 0 spiro atoms. The van der Waals surface area contributed by atoms with Gasteiger partial charge in [-0.2, -0.15) is 4.31 Å². The Morgan fingerprint density at radius 1 is 1.07 bits per heavy atom. The quantitative estimate of drug-likeness (QED) is 0.847. The summed E-state index contributed by atoms with van der Waals surface area (Å²) in [4.78, 5) is 15.5. The number of aryl methyl sites for hydroxylation is 3. The lowest BCUT2D eigenvalue weighted by atomic mass is 10.0. The number of rotatable bonds is 3. The zero-order valence-electron chi connectivity index (χ0n) is 16.4. The van der Waals surface area contributed by atoms with E-state index in [1.54, 1.807) is 0 Å². The van der Waals surface area contributed by atoms with Crippen molar-refractivity contribution in [2.45, 2.75) is 44.6 Å². The second kappa shape index (κ2) is 6.87. The van der Waals surface area contributed by atoms with Gasteiger partial charge in [0.15, 0.2) is 0 Å². The van der Waals surface area contributed by atoms with Crippen molar-refractivity contribution in [3.8, 4) is 0 Å². The summed E-state index contributed by atoms with van der Waals surface area (Å²) in [5, 5.41) is 3.38. The van der Waals surface area contributed by atoms with Gasteiger partial charge in [0.05, 0.1) is 4.90 Å². The van der Waals surface area contributed by atoms with E-state index in [0.717, 1.165) is 49.3 Å². The highest BCUT2D eigenvalue weighted by molar-refractivity contribution is 7.89. The fourth-order valence-electron chi connectivity index (χ4n) is 5.21. The largest absolute Gasteiger partial charge is 0.341 e. The molecule has 3 atom stereocenters. The zero-order chi connectivity index (χ0) is 19.3. The first-order valence-corrected chi connectivity index (χ1v) is 11.3. The lowest BCUT2D eigenvalue weighted by Crippen LogP contribution is -2.47. The third kappa shape index (κ3) is 3.19. The number of sulfonamides is 1. The van der Waals surface area contributed by atoms with Crippen LogP contribution in [0.1, 0.15) is 29.5 Å². The van der Waals surface area contributed by atoms with Gasteiger partial charge in [-0.15, -0.1) is 0 Å². The Labute approximate surface area is 162 Å². The molecule has 3 heterocycles. The van der Waals surface area contributed by atoms with E-state index in [9.17, 15) is 13.2 Å². The Hall–Kier alpha value is -1.44. The van der Waals surface area contributed by atoms with Crippen LogP contribution in [0.3, 0.4) is 0 Å². The number of benzene rings is 1. The molecule has 148 valence electrons. The molecule has 3 aliphatic heterocycles. The molecule has 4 rings (SSSR count). The van der Waals surface area contributed by atoms with E-state index in [-0.39, 0.29) is 5.91 Å². The van der Waals surface area contributed by atoms with Crippen LogP contribution in [0, 0.1) is 32.6 Å². The monoisotopic (exact) mass is 391 g/mol. The molecule has 1 N–H and O–H groups in total. The van der Waals surface area contributed by atoms with E-state index in [4.69, 9.17) is 0 Å². The number of fused-ring (bicyclic) bond motifs is 1. The number of nitrogens with one attached hydrogen (secondary N) is 1. The summed E-state index contributed by atoms with van der Waals surface area (Å²) in [6.07, 6.45) is 1.36. The van der Waals surface area contributed by atoms with Gasteiger partial charge in [0.25, 0.3) is 0 Å². The van der Waals surface area contributed by atoms with Crippen LogP contribution >= 0.6 is 0 Å². The van der Waals surface area contributed by atoms with Crippen LogP contribution in [-0.4, -0.2) is 62.3 Å². The molecule has 3 fully saturated rings. The number of carbonyl (C=O) groups is 1. The van der Waals surface area contributed by atoms with Crippen LogP contribution in [-0.2, 0) is 14.8 Å². The summed E-state index contributed by atoms with van der Waals surface area (Å²) < 4.78 is 28.4. The van der Waals surface area contributed by atoms with Crippen LogP contribution in [0.5, 0.6) is 0 Å². The van der Waals surface area contributed by atoms with E-state index < -0.39 is 16.1 Å². The SMILES string of the molecule is Cc1cc(C)c(S(=O)(=O)N2CCCC2C(=O)N2C[C@H]3CNC[C@H]3C2)c(C)c1. The van der Waals surface area contributed by atoms with Gasteiger partial charge in [0.1, 0.15) is 6.04 Å². The summed E-state index contributed by atoms with van der Waals surface area (Å²) in [5.74, 6) is 1.02. The van der Waals surface area contributed by atoms with Gasteiger partial charge in [-0.1, -0.05) is 17.7 Å². The van der Waals surface area contributed by atoms with Gasteiger partial charge in [0, 0.05) is 32.7 Å². The second-order valence-corrected chi connectivity index (χ2v) is 10.3. The number of hydrogen-bond acceptors (Lipinski definition) is 4. The first-order valence-electron chi connectivity index (χ1n) is 9.88. The topological polar surface area (TPSA) is 69.7 Å². The van der Waals surface area contributed by atoms with Crippen molar-refractivity contribution in [3.63, 3.8) is 0 Å². The molecule has 3 saturated heterocycles. The van der Waals surface area contributed by atoms with Crippen LogP contribution in [0.15, 0.2) is 17.0 Å². The van der Waals surface area contributed by atoms with Crippen molar-refractivity contribution in [1.82, 2.24) is 14.5 Å². The predicted octanol–water partition coefficient (Wildman–Crippen LogP) is 1.44. The van der Waals surface area contributed by atoms with Crippen LogP contribution in [0.2, 0.25) is 0 Å². The van der Waals surface area contributed by atoms with Crippen LogP contribution < -0.4 is 5.32 Å². The molecule has 7 heteroatoms. The summed E-state index contributed by atoms with van der Waals surface area (Å²) >= 11 is 0. The van der Waals surface area contributed by atoms with E-state index in [1.807, 2.05) is 37.8 Å². The molecule has 3 aliphatic rings. The molecule has 6 nitrogen and oxygen atoms in total.